The highest BCUT2D eigenvalue weighted by Gasteiger charge is 2.32. The lowest BCUT2D eigenvalue weighted by molar-refractivity contribution is -0.139. The number of carbonyl (C=O) groups excluding carboxylic acids is 2. The van der Waals surface area contributed by atoms with Gasteiger partial charge in [0.15, 0.2) is 0 Å². The molecule has 3 rings (SSSR count). The maximum atomic E-state index is 13.6. The molecule has 0 aromatic heterocycles. The van der Waals surface area contributed by atoms with Gasteiger partial charge in [0.25, 0.3) is 10.0 Å². The zero-order valence-electron chi connectivity index (χ0n) is 19.5. The molecule has 0 aliphatic heterocycles. The predicted molar refractivity (Wildman–Crippen MR) is 133 cm³/mol. The number of aryl methyl sites for hydroxylation is 1. The molecule has 0 aliphatic carbocycles. The highest BCUT2D eigenvalue weighted by atomic mass is 32.2. The normalized spacial score (nSPS) is 12.0. The van der Waals surface area contributed by atoms with E-state index < -0.39 is 28.5 Å². The Kier molecular flexibility index (Phi) is 8.07. The Hall–Kier alpha value is -3.65. The van der Waals surface area contributed by atoms with Gasteiger partial charge in [-0.15, -0.1) is 0 Å². The van der Waals surface area contributed by atoms with Crippen molar-refractivity contribution in [1.82, 2.24) is 10.2 Å². The van der Waals surface area contributed by atoms with Gasteiger partial charge in [-0.05, 0) is 49.2 Å². The van der Waals surface area contributed by atoms with Gasteiger partial charge in [0.05, 0.1) is 10.6 Å². The summed E-state index contributed by atoms with van der Waals surface area (Å²) in [6.07, 6.45) is 0. The largest absolute Gasteiger partial charge is 0.357 e. The van der Waals surface area contributed by atoms with Crippen LogP contribution in [0.5, 0.6) is 0 Å². The van der Waals surface area contributed by atoms with E-state index in [0.29, 0.717) is 5.69 Å². The van der Waals surface area contributed by atoms with E-state index in [1.54, 1.807) is 55.5 Å². The zero-order chi connectivity index (χ0) is 24.7. The summed E-state index contributed by atoms with van der Waals surface area (Å²) >= 11 is 0. The summed E-state index contributed by atoms with van der Waals surface area (Å²) in [4.78, 5) is 27.6. The summed E-state index contributed by atoms with van der Waals surface area (Å²) < 4.78 is 28.2. The molecular formula is C26H29N3O4S. The highest BCUT2D eigenvalue weighted by Crippen LogP contribution is 2.24. The first-order chi connectivity index (χ1) is 16.3. The Morgan fingerprint density at radius 3 is 2.03 bits per heavy atom. The molecule has 2 amide bonds. The van der Waals surface area contributed by atoms with E-state index in [1.807, 2.05) is 31.2 Å². The van der Waals surface area contributed by atoms with Crippen LogP contribution in [0.1, 0.15) is 18.1 Å². The first-order valence-corrected chi connectivity index (χ1v) is 12.4. The Labute approximate surface area is 201 Å². The average molecular weight is 480 g/mol. The molecule has 1 atom stereocenters. The fraction of sp³-hybridized carbons (Fsp3) is 0.231. The number of para-hydroxylation sites is 1. The lowest BCUT2D eigenvalue weighted by Gasteiger charge is -2.32. The summed E-state index contributed by atoms with van der Waals surface area (Å²) in [6.45, 7) is 3.29. The van der Waals surface area contributed by atoms with Crippen LogP contribution in [0.3, 0.4) is 0 Å². The van der Waals surface area contributed by atoms with Crippen LogP contribution in [-0.2, 0) is 26.2 Å². The number of anilines is 1. The van der Waals surface area contributed by atoms with Gasteiger partial charge >= 0.3 is 0 Å². The molecule has 0 aliphatic rings. The monoisotopic (exact) mass is 479 g/mol. The molecule has 34 heavy (non-hydrogen) atoms. The molecule has 0 spiro atoms. The van der Waals surface area contributed by atoms with Gasteiger partial charge in [-0.2, -0.15) is 0 Å². The van der Waals surface area contributed by atoms with E-state index in [9.17, 15) is 18.0 Å². The van der Waals surface area contributed by atoms with Crippen LogP contribution in [-0.4, -0.2) is 44.8 Å². The third-order valence-electron chi connectivity index (χ3n) is 5.67. The standard InChI is InChI=1S/C26H29N3O4S/c1-20-12-10-11-13-22(20)18-28(21(2)26(31)27-3)25(30)19-29(23-14-6-4-7-15-23)34(32,33)24-16-8-5-9-17-24/h4-17,21H,18-19H2,1-3H3,(H,27,31). The van der Waals surface area contributed by atoms with Crippen LogP contribution in [0.4, 0.5) is 5.69 Å². The van der Waals surface area contributed by atoms with Gasteiger partial charge in [0, 0.05) is 13.6 Å². The van der Waals surface area contributed by atoms with Crippen LogP contribution in [0.15, 0.2) is 89.8 Å². The number of nitrogens with one attached hydrogen (secondary N) is 1. The molecule has 0 fully saturated rings. The number of nitrogens with zero attached hydrogens (tertiary/aromatic N) is 2. The minimum atomic E-state index is -4.03. The maximum absolute atomic E-state index is 13.6. The fourth-order valence-corrected chi connectivity index (χ4v) is 5.04. The quantitative estimate of drug-likeness (QED) is 0.510. The van der Waals surface area contributed by atoms with Crippen molar-refractivity contribution in [2.24, 2.45) is 0 Å². The van der Waals surface area contributed by atoms with Gasteiger partial charge in [-0.25, -0.2) is 8.42 Å². The van der Waals surface area contributed by atoms with Crippen LogP contribution >= 0.6 is 0 Å². The second-order valence-corrected chi connectivity index (χ2v) is 9.76. The number of amides is 2. The Bertz CT molecular complexity index is 1230. The van der Waals surface area contributed by atoms with E-state index in [1.165, 1.54) is 24.1 Å². The van der Waals surface area contributed by atoms with Crippen molar-refractivity contribution in [3.63, 3.8) is 0 Å². The molecule has 0 radical (unpaired) electrons. The fourth-order valence-electron chi connectivity index (χ4n) is 3.61. The molecule has 0 saturated heterocycles. The minimum Gasteiger partial charge on any atom is -0.357 e. The van der Waals surface area contributed by atoms with Crippen molar-refractivity contribution in [2.45, 2.75) is 31.3 Å². The Balaban J connectivity index is 2.01. The van der Waals surface area contributed by atoms with E-state index in [2.05, 4.69) is 5.32 Å². The summed E-state index contributed by atoms with van der Waals surface area (Å²) in [7, 11) is -2.52. The Morgan fingerprint density at radius 1 is 0.882 bits per heavy atom. The van der Waals surface area contributed by atoms with E-state index in [0.717, 1.165) is 15.4 Å². The SMILES string of the molecule is CNC(=O)C(C)N(Cc1ccccc1C)C(=O)CN(c1ccccc1)S(=O)(=O)c1ccccc1. The van der Waals surface area contributed by atoms with E-state index in [4.69, 9.17) is 0 Å². The summed E-state index contributed by atoms with van der Waals surface area (Å²) in [6, 6.07) is 23.3. The predicted octanol–water partition coefficient (Wildman–Crippen LogP) is 3.35. The molecule has 1 unspecified atom stereocenters. The molecule has 8 heteroatoms. The van der Waals surface area contributed by atoms with Crippen LogP contribution in [0, 0.1) is 6.92 Å². The second-order valence-electron chi connectivity index (χ2n) is 7.90. The van der Waals surface area contributed by atoms with Crippen molar-refractivity contribution >= 4 is 27.5 Å². The lowest BCUT2D eigenvalue weighted by Crippen LogP contribution is -2.50. The van der Waals surface area contributed by atoms with Gasteiger partial charge < -0.3 is 10.2 Å². The van der Waals surface area contributed by atoms with Crippen LogP contribution in [0.25, 0.3) is 0 Å². The number of likely N-dealkylation sites (N-methyl/N-ethyl adjacent to an activating group) is 1. The molecular weight excluding hydrogens is 450 g/mol. The molecule has 0 bridgehead atoms. The average Bonchev–Trinajstić information content (AvgIpc) is 2.86. The number of benzene rings is 3. The van der Waals surface area contributed by atoms with Crippen molar-refractivity contribution in [1.29, 1.82) is 0 Å². The molecule has 3 aromatic carbocycles. The van der Waals surface area contributed by atoms with Crippen molar-refractivity contribution in [2.75, 3.05) is 17.9 Å². The summed E-state index contributed by atoms with van der Waals surface area (Å²) in [5, 5.41) is 2.58. The third kappa shape index (κ3) is 5.63. The summed E-state index contributed by atoms with van der Waals surface area (Å²) in [5.41, 5.74) is 2.22. The molecule has 0 heterocycles. The van der Waals surface area contributed by atoms with Crippen LogP contribution < -0.4 is 9.62 Å². The lowest BCUT2D eigenvalue weighted by atomic mass is 10.1. The Morgan fingerprint density at radius 2 is 1.44 bits per heavy atom. The highest BCUT2D eigenvalue weighted by molar-refractivity contribution is 7.92. The van der Waals surface area contributed by atoms with Gasteiger partial charge in [0.2, 0.25) is 11.8 Å². The van der Waals surface area contributed by atoms with Gasteiger partial charge in [0.1, 0.15) is 12.6 Å². The first kappa shape index (κ1) is 25.0. The minimum absolute atomic E-state index is 0.0801. The molecule has 1 N–H and O–H groups in total. The van der Waals surface area contributed by atoms with Crippen LogP contribution in [0.2, 0.25) is 0 Å². The topological polar surface area (TPSA) is 86.8 Å². The van der Waals surface area contributed by atoms with Gasteiger partial charge in [-0.1, -0.05) is 60.7 Å². The number of sulfonamides is 1. The molecule has 0 saturated carbocycles. The number of hydrogen-bond acceptors (Lipinski definition) is 4. The second kappa shape index (κ2) is 11.0. The van der Waals surface area contributed by atoms with E-state index >= 15 is 0 Å². The first-order valence-electron chi connectivity index (χ1n) is 10.9. The molecule has 178 valence electrons. The molecule has 3 aromatic rings. The molecule has 7 nitrogen and oxygen atoms in total. The summed E-state index contributed by atoms with van der Waals surface area (Å²) in [5.74, 6) is -0.818. The maximum Gasteiger partial charge on any atom is 0.264 e. The number of hydrogen-bond donors (Lipinski definition) is 1. The van der Waals surface area contributed by atoms with Crippen molar-refractivity contribution in [3.8, 4) is 0 Å². The smallest absolute Gasteiger partial charge is 0.264 e. The number of carbonyl (C=O) groups is 2. The van der Waals surface area contributed by atoms with Crippen molar-refractivity contribution in [3.05, 3.63) is 96.1 Å². The number of rotatable bonds is 9. The third-order valence-corrected chi connectivity index (χ3v) is 7.46. The zero-order valence-corrected chi connectivity index (χ0v) is 20.3. The van der Waals surface area contributed by atoms with E-state index in [-0.39, 0.29) is 17.3 Å². The van der Waals surface area contributed by atoms with Crippen molar-refractivity contribution < 1.29 is 18.0 Å². The van der Waals surface area contributed by atoms with Gasteiger partial charge in [-0.3, -0.25) is 13.9 Å².